The highest BCUT2D eigenvalue weighted by atomic mass is 35.5. The number of nitrogens with one attached hydrogen (secondary N) is 1. The van der Waals surface area contributed by atoms with Gasteiger partial charge >= 0.3 is 0 Å². The molecule has 3 aromatic rings. The van der Waals surface area contributed by atoms with E-state index in [0.29, 0.717) is 21.8 Å². The molecule has 4 heterocycles. The first-order valence-electron chi connectivity index (χ1n) is 9.91. The Morgan fingerprint density at radius 2 is 1.87 bits per heavy atom. The molecule has 0 saturated carbocycles. The number of fused-ring (bicyclic) bond motifs is 1. The molecule has 2 aliphatic rings. The van der Waals surface area contributed by atoms with E-state index in [-0.39, 0.29) is 5.54 Å². The predicted molar refractivity (Wildman–Crippen MR) is 119 cm³/mol. The summed E-state index contributed by atoms with van der Waals surface area (Å²) in [5.41, 5.74) is 2.68. The SMILES string of the molecule is Cn1ncc(Nc2ncc3cc(Cl)c(N4CCN(C5(C)COC5)CC4)cc3n2)c1Cl. The van der Waals surface area contributed by atoms with E-state index < -0.39 is 0 Å². The van der Waals surface area contributed by atoms with Gasteiger partial charge in [0.05, 0.1) is 46.9 Å². The molecule has 1 N–H and O–H groups in total. The van der Waals surface area contributed by atoms with Gasteiger partial charge in [0.2, 0.25) is 5.95 Å². The fourth-order valence-corrected chi connectivity index (χ4v) is 4.47. The van der Waals surface area contributed by atoms with Crippen LogP contribution in [0.15, 0.2) is 24.5 Å². The first kappa shape index (κ1) is 19.8. The molecule has 5 rings (SSSR count). The van der Waals surface area contributed by atoms with E-state index in [1.807, 2.05) is 12.1 Å². The Bertz CT molecular complexity index is 1090. The molecule has 0 aliphatic carbocycles. The highest BCUT2D eigenvalue weighted by Crippen LogP contribution is 2.33. The minimum Gasteiger partial charge on any atom is -0.377 e. The van der Waals surface area contributed by atoms with Gasteiger partial charge in [-0.3, -0.25) is 9.58 Å². The lowest BCUT2D eigenvalue weighted by Gasteiger charge is -2.50. The second kappa shape index (κ2) is 7.53. The lowest BCUT2D eigenvalue weighted by Crippen LogP contribution is -2.64. The maximum Gasteiger partial charge on any atom is 0.227 e. The van der Waals surface area contributed by atoms with Crippen LogP contribution in [0.25, 0.3) is 10.9 Å². The fraction of sp³-hybridized carbons (Fsp3) is 0.450. The molecule has 0 atom stereocenters. The summed E-state index contributed by atoms with van der Waals surface area (Å²) in [6, 6.07) is 3.97. The molecule has 158 valence electrons. The minimum atomic E-state index is 0.181. The van der Waals surface area contributed by atoms with Crippen LogP contribution < -0.4 is 10.2 Å². The molecule has 8 nitrogen and oxygen atoms in total. The number of rotatable bonds is 4. The predicted octanol–water partition coefficient (Wildman–Crippen LogP) is 3.32. The quantitative estimate of drug-likeness (QED) is 0.657. The number of aromatic nitrogens is 4. The van der Waals surface area contributed by atoms with Crippen LogP contribution >= 0.6 is 23.2 Å². The van der Waals surface area contributed by atoms with Crippen LogP contribution in [-0.2, 0) is 11.8 Å². The smallest absolute Gasteiger partial charge is 0.227 e. The van der Waals surface area contributed by atoms with Crippen molar-refractivity contribution < 1.29 is 4.74 Å². The Labute approximate surface area is 184 Å². The second-order valence-electron chi connectivity index (χ2n) is 8.12. The zero-order valence-electron chi connectivity index (χ0n) is 16.9. The second-order valence-corrected chi connectivity index (χ2v) is 8.88. The van der Waals surface area contributed by atoms with Gasteiger partial charge in [0.25, 0.3) is 0 Å². The topological polar surface area (TPSA) is 71.3 Å². The molecule has 0 unspecified atom stereocenters. The van der Waals surface area contributed by atoms with Crippen LogP contribution in [0, 0.1) is 0 Å². The Morgan fingerprint density at radius 1 is 1.10 bits per heavy atom. The summed E-state index contributed by atoms with van der Waals surface area (Å²) in [5, 5.41) is 9.37. The molecule has 30 heavy (non-hydrogen) atoms. The maximum absolute atomic E-state index is 6.62. The Balaban J connectivity index is 1.37. The average Bonchev–Trinajstić information content (AvgIpc) is 3.04. The van der Waals surface area contributed by atoms with Crippen LogP contribution in [0.2, 0.25) is 10.2 Å². The fourth-order valence-electron chi connectivity index (χ4n) is 4.04. The highest BCUT2D eigenvalue weighted by molar-refractivity contribution is 6.34. The number of nitrogens with zero attached hydrogens (tertiary/aromatic N) is 6. The van der Waals surface area contributed by atoms with Crippen LogP contribution in [0.5, 0.6) is 0 Å². The molecule has 0 radical (unpaired) electrons. The molecular weight excluding hydrogens is 425 g/mol. The minimum absolute atomic E-state index is 0.181. The number of hydrogen-bond donors (Lipinski definition) is 1. The highest BCUT2D eigenvalue weighted by Gasteiger charge is 2.40. The summed E-state index contributed by atoms with van der Waals surface area (Å²) in [7, 11) is 1.78. The van der Waals surface area contributed by atoms with Gasteiger partial charge in [-0.05, 0) is 19.1 Å². The normalized spacial score (nSPS) is 19.1. The molecule has 0 amide bonds. The molecule has 2 fully saturated rings. The van der Waals surface area contributed by atoms with Gasteiger partial charge in [-0.1, -0.05) is 23.2 Å². The van der Waals surface area contributed by atoms with Gasteiger partial charge < -0.3 is 15.0 Å². The maximum atomic E-state index is 6.62. The van der Waals surface area contributed by atoms with Crippen molar-refractivity contribution in [1.29, 1.82) is 0 Å². The van der Waals surface area contributed by atoms with E-state index in [1.54, 1.807) is 24.1 Å². The lowest BCUT2D eigenvalue weighted by molar-refractivity contribution is -0.131. The molecule has 2 aromatic heterocycles. The van der Waals surface area contributed by atoms with Crippen molar-refractivity contribution in [3.05, 3.63) is 34.7 Å². The van der Waals surface area contributed by atoms with Crippen molar-refractivity contribution in [2.24, 2.45) is 7.05 Å². The van der Waals surface area contributed by atoms with E-state index >= 15 is 0 Å². The third kappa shape index (κ3) is 3.47. The number of halogens is 2. The summed E-state index contributed by atoms with van der Waals surface area (Å²) in [6.07, 6.45) is 3.41. The van der Waals surface area contributed by atoms with Crippen molar-refractivity contribution in [2.45, 2.75) is 12.5 Å². The van der Waals surface area contributed by atoms with Crippen molar-refractivity contribution in [1.82, 2.24) is 24.6 Å². The first-order valence-corrected chi connectivity index (χ1v) is 10.7. The van der Waals surface area contributed by atoms with Crippen molar-refractivity contribution >= 4 is 51.4 Å². The zero-order chi connectivity index (χ0) is 20.9. The van der Waals surface area contributed by atoms with Crippen molar-refractivity contribution in [2.75, 3.05) is 49.6 Å². The van der Waals surface area contributed by atoms with E-state index in [1.165, 1.54) is 0 Å². The van der Waals surface area contributed by atoms with Gasteiger partial charge in [0.1, 0.15) is 5.15 Å². The van der Waals surface area contributed by atoms with Crippen molar-refractivity contribution in [3.63, 3.8) is 0 Å². The third-order valence-electron chi connectivity index (χ3n) is 5.97. The van der Waals surface area contributed by atoms with E-state index in [4.69, 9.17) is 27.9 Å². The summed E-state index contributed by atoms with van der Waals surface area (Å²) >= 11 is 12.8. The van der Waals surface area contributed by atoms with E-state index in [0.717, 1.165) is 56.0 Å². The Morgan fingerprint density at radius 3 is 2.50 bits per heavy atom. The molecule has 0 bridgehead atoms. The van der Waals surface area contributed by atoms with Crippen LogP contribution in [-0.4, -0.2) is 69.6 Å². The van der Waals surface area contributed by atoms with Crippen LogP contribution in [0.3, 0.4) is 0 Å². The first-order chi connectivity index (χ1) is 14.4. The molecule has 0 spiro atoms. The molecule has 2 aliphatic heterocycles. The summed E-state index contributed by atoms with van der Waals surface area (Å²) in [4.78, 5) is 13.9. The monoisotopic (exact) mass is 447 g/mol. The van der Waals surface area contributed by atoms with E-state index in [9.17, 15) is 0 Å². The number of benzene rings is 1. The number of aryl methyl sites for hydroxylation is 1. The van der Waals surface area contributed by atoms with Gasteiger partial charge in [-0.2, -0.15) is 5.10 Å². The number of hydrogen-bond acceptors (Lipinski definition) is 7. The Hall–Kier alpha value is -2.13. The molecule has 1 aromatic carbocycles. The van der Waals surface area contributed by atoms with Crippen LogP contribution in [0.1, 0.15) is 6.92 Å². The number of piperazine rings is 1. The van der Waals surface area contributed by atoms with Crippen molar-refractivity contribution in [3.8, 4) is 0 Å². The molecule has 10 heteroatoms. The lowest BCUT2D eigenvalue weighted by atomic mass is 9.97. The van der Waals surface area contributed by atoms with E-state index in [2.05, 4.69) is 37.1 Å². The summed E-state index contributed by atoms with van der Waals surface area (Å²) < 4.78 is 7.00. The van der Waals surface area contributed by atoms with Gasteiger partial charge in [0, 0.05) is 44.8 Å². The summed E-state index contributed by atoms with van der Waals surface area (Å²) in [5.74, 6) is 0.466. The number of ether oxygens (including phenoxy) is 1. The zero-order valence-corrected chi connectivity index (χ0v) is 18.4. The third-order valence-corrected chi connectivity index (χ3v) is 6.72. The molecular formula is C20H23Cl2N7O. The molecule has 2 saturated heterocycles. The van der Waals surface area contributed by atoms with Crippen LogP contribution in [0.4, 0.5) is 17.3 Å². The Kier molecular flexibility index (Phi) is 4.97. The largest absolute Gasteiger partial charge is 0.377 e. The average molecular weight is 448 g/mol. The van der Waals surface area contributed by atoms with Gasteiger partial charge in [0.15, 0.2) is 0 Å². The number of anilines is 3. The van der Waals surface area contributed by atoms with Gasteiger partial charge in [-0.25, -0.2) is 9.97 Å². The van der Waals surface area contributed by atoms with Gasteiger partial charge in [-0.15, -0.1) is 0 Å². The summed E-state index contributed by atoms with van der Waals surface area (Å²) in [6.45, 7) is 7.73. The standard InChI is InChI=1S/C20H23Cl2N7O/c1-20(11-30-12-20)29-5-3-28(4-6-29)17-8-15-13(7-14(17)21)9-23-19(25-15)26-16-10-24-27(2)18(16)22/h7-10H,3-6,11-12H2,1-2H3,(H,23,25,26).